The largest absolute Gasteiger partial charge is 0.358 e. The number of aryl methyl sites for hydroxylation is 2. The smallest absolute Gasteiger partial charge is 0.0459 e. The van der Waals surface area contributed by atoms with Crippen molar-refractivity contribution >= 4 is 10.9 Å². The molecule has 0 amide bonds. The van der Waals surface area contributed by atoms with E-state index in [4.69, 9.17) is 0 Å². The summed E-state index contributed by atoms with van der Waals surface area (Å²) in [6.07, 6.45) is 6.31. The van der Waals surface area contributed by atoms with Crippen molar-refractivity contribution in [3.05, 3.63) is 35.0 Å². The number of aromatic nitrogens is 1. The van der Waals surface area contributed by atoms with Crippen LogP contribution >= 0.6 is 0 Å². The molecule has 1 unspecified atom stereocenters. The van der Waals surface area contributed by atoms with Crippen LogP contribution in [0.4, 0.5) is 0 Å². The van der Waals surface area contributed by atoms with Crippen molar-refractivity contribution in [1.82, 2.24) is 10.3 Å². The molecule has 2 aromatic rings. The van der Waals surface area contributed by atoms with Crippen LogP contribution in [-0.2, 0) is 12.8 Å². The SMILES string of the molecule is CCc1ccc2[nH]c(C)c(CC3CCCCN3)c2c1. The van der Waals surface area contributed by atoms with E-state index in [1.54, 1.807) is 0 Å². The van der Waals surface area contributed by atoms with E-state index in [1.165, 1.54) is 60.0 Å². The summed E-state index contributed by atoms with van der Waals surface area (Å²) in [5.74, 6) is 0. The van der Waals surface area contributed by atoms with Gasteiger partial charge in [-0.05, 0) is 62.4 Å². The molecule has 1 fully saturated rings. The number of aromatic amines is 1. The van der Waals surface area contributed by atoms with Gasteiger partial charge in [-0.2, -0.15) is 0 Å². The van der Waals surface area contributed by atoms with Gasteiger partial charge in [-0.3, -0.25) is 0 Å². The maximum atomic E-state index is 3.66. The van der Waals surface area contributed by atoms with E-state index in [0.29, 0.717) is 6.04 Å². The molecular formula is C17H24N2. The first-order chi connectivity index (χ1) is 9.28. The highest BCUT2D eigenvalue weighted by Gasteiger charge is 2.17. The minimum Gasteiger partial charge on any atom is -0.358 e. The lowest BCUT2D eigenvalue weighted by atomic mass is 9.95. The highest BCUT2D eigenvalue weighted by Crippen LogP contribution is 2.26. The Bertz CT molecular complexity index is 562. The van der Waals surface area contributed by atoms with Crippen LogP contribution < -0.4 is 5.32 Å². The summed E-state index contributed by atoms with van der Waals surface area (Å²) in [5.41, 5.74) is 5.59. The fraction of sp³-hybridized carbons (Fsp3) is 0.529. The van der Waals surface area contributed by atoms with Crippen LogP contribution in [0.25, 0.3) is 10.9 Å². The second kappa shape index (κ2) is 5.38. The highest BCUT2D eigenvalue weighted by molar-refractivity contribution is 5.85. The molecule has 0 aliphatic carbocycles. The van der Waals surface area contributed by atoms with Gasteiger partial charge in [0.2, 0.25) is 0 Å². The number of hydrogen-bond acceptors (Lipinski definition) is 1. The Hall–Kier alpha value is -1.28. The van der Waals surface area contributed by atoms with Crippen LogP contribution in [0.15, 0.2) is 18.2 Å². The van der Waals surface area contributed by atoms with E-state index < -0.39 is 0 Å². The maximum absolute atomic E-state index is 3.66. The molecule has 2 heterocycles. The summed E-state index contributed by atoms with van der Waals surface area (Å²) in [7, 11) is 0. The van der Waals surface area contributed by atoms with Gasteiger partial charge in [-0.25, -0.2) is 0 Å². The molecule has 1 saturated heterocycles. The normalized spacial score (nSPS) is 20.0. The Balaban J connectivity index is 1.94. The molecule has 1 aromatic heterocycles. The molecule has 1 aromatic carbocycles. The first-order valence-corrected chi connectivity index (χ1v) is 7.61. The van der Waals surface area contributed by atoms with E-state index in [2.05, 4.69) is 42.3 Å². The van der Waals surface area contributed by atoms with Gasteiger partial charge >= 0.3 is 0 Å². The molecule has 2 N–H and O–H groups in total. The third-order valence-corrected chi connectivity index (χ3v) is 4.46. The third kappa shape index (κ3) is 2.55. The third-order valence-electron chi connectivity index (χ3n) is 4.46. The monoisotopic (exact) mass is 256 g/mol. The zero-order valence-corrected chi connectivity index (χ0v) is 12.1. The van der Waals surface area contributed by atoms with Gasteiger partial charge in [0.05, 0.1) is 0 Å². The predicted molar refractivity (Wildman–Crippen MR) is 81.8 cm³/mol. The highest BCUT2D eigenvalue weighted by atomic mass is 14.9. The Morgan fingerprint density at radius 3 is 2.89 bits per heavy atom. The summed E-state index contributed by atoms with van der Waals surface area (Å²) < 4.78 is 0. The first kappa shape index (κ1) is 12.7. The first-order valence-electron chi connectivity index (χ1n) is 7.61. The molecular weight excluding hydrogens is 232 g/mol. The molecule has 0 spiro atoms. The minimum absolute atomic E-state index is 0.664. The molecule has 2 heteroatoms. The number of fused-ring (bicyclic) bond motifs is 1. The molecule has 0 saturated carbocycles. The number of nitrogens with one attached hydrogen (secondary N) is 2. The average Bonchev–Trinajstić information content (AvgIpc) is 2.76. The van der Waals surface area contributed by atoms with Crippen LogP contribution in [0.2, 0.25) is 0 Å². The second-order valence-corrected chi connectivity index (χ2v) is 5.81. The Labute approximate surface area is 115 Å². The summed E-state index contributed by atoms with van der Waals surface area (Å²) in [5, 5.41) is 5.10. The maximum Gasteiger partial charge on any atom is 0.0459 e. The van der Waals surface area contributed by atoms with Crippen LogP contribution in [0.5, 0.6) is 0 Å². The van der Waals surface area contributed by atoms with Gasteiger partial charge in [0, 0.05) is 22.6 Å². The number of piperidine rings is 1. The van der Waals surface area contributed by atoms with Crippen LogP contribution in [0, 0.1) is 6.92 Å². The van der Waals surface area contributed by atoms with Crippen molar-refractivity contribution in [1.29, 1.82) is 0 Å². The summed E-state index contributed by atoms with van der Waals surface area (Å²) in [6, 6.07) is 7.51. The van der Waals surface area contributed by atoms with Crippen LogP contribution in [0.1, 0.15) is 43.0 Å². The Morgan fingerprint density at radius 1 is 1.26 bits per heavy atom. The molecule has 102 valence electrons. The minimum atomic E-state index is 0.664. The fourth-order valence-electron chi connectivity index (χ4n) is 3.26. The lowest BCUT2D eigenvalue weighted by molar-refractivity contribution is 0.399. The van der Waals surface area contributed by atoms with Crippen molar-refractivity contribution in [2.75, 3.05) is 6.54 Å². The summed E-state index contributed by atoms with van der Waals surface area (Å²) >= 11 is 0. The lowest BCUT2D eigenvalue weighted by Crippen LogP contribution is -2.35. The van der Waals surface area contributed by atoms with Gasteiger partial charge in [0.15, 0.2) is 0 Å². The summed E-state index contributed by atoms with van der Waals surface area (Å²) in [4.78, 5) is 3.54. The molecule has 1 aliphatic heterocycles. The van der Waals surface area contributed by atoms with E-state index in [-0.39, 0.29) is 0 Å². The van der Waals surface area contributed by atoms with Crippen molar-refractivity contribution in [3.8, 4) is 0 Å². The zero-order valence-electron chi connectivity index (χ0n) is 12.1. The molecule has 19 heavy (non-hydrogen) atoms. The molecule has 2 nitrogen and oxygen atoms in total. The zero-order chi connectivity index (χ0) is 13.2. The van der Waals surface area contributed by atoms with E-state index >= 15 is 0 Å². The molecule has 1 aliphatic rings. The quantitative estimate of drug-likeness (QED) is 0.860. The van der Waals surface area contributed by atoms with Crippen molar-refractivity contribution in [3.63, 3.8) is 0 Å². The molecule has 1 atom stereocenters. The standard InChI is InChI=1S/C17H24N2/c1-3-13-7-8-17-16(10-13)15(12(2)19-17)11-14-6-4-5-9-18-14/h7-8,10,14,18-19H,3-6,9,11H2,1-2H3. The van der Waals surface area contributed by atoms with E-state index in [1.807, 2.05) is 0 Å². The topological polar surface area (TPSA) is 27.8 Å². The van der Waals surface area contributed by atoms with Gasteiger partial charge in [0.1, 0.15) is 0 Å². The van der Waals surface area contributed by atoms with Gasteiger partial charge in [-0.15, -0.1) is 0 Å². The Kier molecular flexibility index (Phi) is 3.61. The fourth-order valence-corrected chi connectivity index (χ4v) is 3.26. The predicted octanol–water partition coefficient (Wildman–Crippen LogP) is 3.72. The van der Waals surface area contributed by atoms with Gasteiger partial charge < -0.3 is 10.3 Å². The van der Waals surface area contributed by atoms with Crippen molar-refractivity contribution < 1.29 is 0 Å². The molecule has 0 radical (unpaired) electrons. The summed E-state index contributed by atoms with van der Waals surface area (Å²) in [6.45, 7) is 5.62. The number of H-pyrrole nitrogens is 1. The van der Waals surface area contributed by atoms with Gasteiger partial charge in [-0.1, -0.05) is 19.4 Å². The second-order valence-electron chi connectivity index (χ2n) is 5.81. The Morgan fingerprint density at radius 2 is 2.16 bits per heavy atom. The van der Waals surface area contributed by atoms with Gasteiger partial charge in [0.25, 0.3) is 0 Å². The van der Waals surface area contributed by atoms with Crippen LogP contribution in [-0.4, -0.2) is 17.6 Å². The number of hydrogen-bond donors (Lipinski definition) is 2. The van der Waals surface area contributed by atoms with Crippen molar-refractivity contribution in [2.24, 2.45) is 0 Å². The molecule has 3 rings (SSSR count). The average molecular weight is 256 g/mol. The lowest BCUT2D eigenvalue weighted by Gasteiger charge is -2.23. The van der Waals surface area contributed by atoms with Crippen molar-refractivity contribution in [2.45, 2.75) is 52.0 Å². The van der Waals surface area contributed by atoms with Crippen LogP contribution in [0.3, 0.4) is 0 Å². The number of rotatable bonds is 3. The van der Waals surface area contributed by atoms with E-state index in [0.717, 1.165) is 6.42 Å². The molecule has 0 bridgehead atoms. The van der Waals surface area contributed by atoms with E-state index in [9.17, 15) is 0 Å². The number of benzene rings is 1.